The lowest BCUT2D eigenvalue weighted by Crippen LogP contribution is -2.18. The molecule has 96 valence electrons. The topological polar surface area (TPSA) is 21.3 Å². The predicted molar refractivity (Wildman–Crippen MR) is 74.3 cm³/mol. The van der Waals surface area contributed by atoms with Gasteiger partial charge in [-0.25, -0.2) is 0 Å². The average Bonchev–Trinajstić information content (AvgIpc) is 2.31. The van der Waals surface area contributed by atoms with Crippen LogP contribution in [-0.4, -0.2) is 19.2 Å². The summed E-state index contributed by atoms with van der Waals surface area (Å²) < 4.78 is 5.76. The summed E-state index contributed by atoms with van der Waals surface area (Å²) in [7, 11) is 0. The average molecular weight is 276 g/mol. The Morgan fingerprint density at radius 1 is 1.35 bits per heavy atom. The van der Waals surface area contributed by atoms with Crippen molar-refractivity contribution < 1.29 is 4.74 Å². The Morgan fingerprint density at radius 3 is 2.82 bits per heavy atom. The van der Waals surface area contributed by atoms with Crippen molar-refractivity contribution in [2.24, 2.45) is 0 Å². The van der Waals surface area contributed by atoms with Gasteiger partial charge in [-0.15, -0.1) is 0 Å². The molecule has 2 nitrogen and oxygen atoms in total. The molecule has 0 radical (unpaired) electrons. The summed E-state index contributed by atoms with van der Waals surface area (Å²) in [6, 6.07) is 5.44. The highest BCUT2D eigenvalue weighted by molar-refractivity contribution is 6.42. The van der Waals surface area contributed by atoms with Gasteiger partial charge in [0.25, 0.3) is 0 Å². The summed E-state index contributed by atoms with van der Waals surface area (Å²) in [6.45, 7) is 6.18. The number of benzene rings is 1. The number of ether oxygens (including phenoxy) is 1. The zero-order valence-electron chi connectivity index (χ0n) is 10.3. The molecule has 1 atom stereocenters. The van der Waals surface area contributed by atoms with Crippen molar-refractivity contribution in [1.29, 1.82) is 0 Å². The van der Waals surface area contributed by atoms with Crippen LogP contribution in [0.5, 0.6) is 5.75 Å². The van der Waals surface area contributed by atoms with Crippen LogP contribution >= 0.6 is 23.2 Å². The van der Waals surface area contributed by atoms with E-state index in [0.717, 1.165) is 25.9 Å². The summed E-state index contributed by atoms with van der Waals surface area (Å²) in [5.74, 6) is 0.662. The monoisotopic (exact) mass is 275 g/mol. The zero-order chi connectivity index (χ0) is 12.7. The van der Waals surface area contributed by atoms with Crippen LogP contribution in [0.4, 0.5) is 0 Å². The molecule has 1 N–H and O–H groups in total. The van der Waals surface area contributed by atoms with Crippen molar-refractivity contribution in [3.8, 4) is 5.75 Å². The summed E-state index contributed by atoms with van der Waals surface area (Å²) in [6.07, 6.45) is 2.23. The van der Waals surface area contributed by atoms with E-state index in [9.17, 15) is 0 Å². The van der Waals surface area contributed by atoms with Gasteiger partial charge in [0, 0.05) is 0 Å². The molecule has 1 rings (SSSR count). The fraction of sp³-hybridized carbons (Fsp3) is 0.538. The van der Waals surface area contributed by atoms with E-state index >= 15 is 0 Å². The van der Waals surface area contributed by atoms with Gasteiger partial charge < -0.3 is 10.1 Å². The van der Waals surface area contributed by atoms with Crippen LogP contribution in [0.3, 0.4) is 0 Å². The smallest absolute Gasteiger partial charge is 0.139 e. The highest BCUT2D eigenvalue weighted by Crippen LogP contribution is 2.32. The molecule has 0 spiro atoms. The van der Waals surface area contributed by atoms with Gasteiger partial charge in [-0.2, -0.15) is 0 Å². The summed E-state index contributed by atoms with van der Waals surface area (Å²) in [4.78, 5) is 0. The minimum absolute atomic E-state index is 0.143. The van der Waals surface area contributed by atoms with Crippen molar-refractivity contribution in [2.45, 2.75) is 32.8 Å². The molecule has 1 unspecified atom stereocenters. The SMILES string of the molecule is CCNCCCC(C)Oc1cccc(Cl)c1Cl. The third-order valence-corrected chi connectivity index (χ3v) is 3.26. The van der Waals surface area contributed by atoms with E-state index in [1.807, 2.05) is 19.1 Å². The van der Waals surface area contributed by atoms with Crippen molar-refractivity contribution in [2.75, 3.05) is 13.1 Å². The molecule has 0 aliphatic rings. The third kappa shape index (κ3) is 5.15. The van der Waals surface area contributed by atoms with E-state index < -0.39 is 0 Å². The fourth-order valence-corrected chi connectivity index (χ4v) is 1.88. The molecular formula is C13H19Cl2NO. The molecule has 1 aromatic rings. The molecule has 0 aromatic heterocycles. The first-order chi connectivity index (χ1) is 8.15. The van der Waals surface area contributed by atoms with E-state index in [-0.39, 0.29) is 6.10 Å². The second-order valence-corrected chi connectivity index (χ2v) is 4.76. The molecular weight excluding hydrogens is 257 g/mol. The van der Waals surface area contributed by atoms with Gasteiger partial charge >= 0.3 is 0 Å². The van der Waals surface area contributed by atoms with Gasteiger partial charge in [0.05, 0.1) is 11.1 Å². The van der Waals surface area contributed by atoms with Crippen molar-refractivity contribution in [1.82, 2.24) is 5.32 Å². The van der Waals surface area contributed by atoms with Gasteiger partial charge in [-0.1, -0.05) is 36.2 Å². The lowest BCUT2D eigenvalue weighted by molar-refractivity contribution is 0.208. The molecule has 0 saturated heterocycles. The van der Waals surface area contributed by atoms with Crippen LogP contribution in [0.15, 0.2) is 18.2 Å². The third-order valence-electron chi connectivity index (χ3n) is 2.46. The minimum atomic E-state index is 0.143. The summed E-state index contributed by atoms with van der Waals surface area (Å²) in [5, 5.41) is 4.31. The second-order valence-electron chi connectivity index (χ2n) is 3.98. The van der Waals surface area contributed by atoms with Crippen LogP contribution in [-0.2, 0) is 0 Å². The molecule has 0 saturated carbocycles. The molecule has 0 aliphatic heterocycles. The quantitative estimate of drug-likeness (QED) is 0.755. The number of hydrogen-bond acceptors (Lipinski definition) is 2. The molecule has 17 heavy (non-hydrogen) atoms. The maximum Gasteiger partial charge on any atom is 0.139 e. The first kappa shape index (κ1) is 14.6. The molecule has 0 amide bonds. The molecule has 0 bridgehead atoms. The first-order valence-corrected chi connectivity index (χ1v) is 6.72. The van der Waals surface area contributed by atoms with Crippen molar-refractivity contribution in [3.63, 3.8) is 0 Å². The second kappa shape index (κ2) is 7.80. The Balaban J connectivity index is 2.39. The fourth-order valence-electron chi connectivity index (χ4n) is 1.54. The number of halogens is 2. The Bertz CT molecular complexity index is 344. The van der Waals surface area contributed by atoms with Crippen LogP contribution in [0, 0.1) is 0 Å². The largest absolute Gasteiger partial charge is 0.489 e. The highest BCUT2D eigenvalue weighted by atomic mass is 35.5. The van der Waals surface area contributed by atoms with E-state index in [2.05, 4.69) is 12.2 Å². The Kier molecular flexibility index (Phi) is 6.71. The standard InChI is InChI=1S/C13H19Cl2NO/c1-3-16-9-5-6-10(2)17-12-8-4-7-11(14)13(12)15/h4,7-8,10,16H,3,5-6,9H2,1-2H3. The van der Waals surface area contributed by atoms with Gasteiger partial charge in [0.2, 0.25) is 0 Å². The molecule has 4 heteroatoms. The van der Waals surface area contributed by atoms with Gasteiger partial charge in [-0.3, -0.25) is 0 Å². The first-order valence-electron chi connectivity index (χ1n) is 5.96. The van der Waals surface area contributed by atoms with Gasteiger partial charge in [0.1, 0.15) is 10.8 Å². The number of nitrogens with one attached hydrogen (secondary N) is 1. The Labute approximate surface area is 113 Å². The van der Waals surface area contributed by atoms with Gasteiger partial charge in [-0.05, 0) is 45.0 Å². The Hall–Kier alpha value is -0.440. The minimum Gasteiger partial charge on any atom is -0.489 e. The van der Waals surface area contributed by atoms with Crippen LogP contribution in [0.25, 0.3) is 0 Å². The molecule has 1 aromatic carbocycles. The zero-order valence-corrected chi connectivity index (χ0v) is 11.8. The molecule has 0 heterocycles. The number of rotatable bonds is 7. The normalized spacial score (nSPS) is 12.5. The maximum absolute atomic E-state index is 6.05. The van der Waals surface area contributed by atoms with E-state index in [1.165, 1.54) is 0 Å². The van der Waals surface area contributed by atoms with Crippen LogP contribution in [0.2, 0.25) is 10.0 Å². The molecule has 0 aliphatic carbocycles. The predicted octanol–water partition coefficient (Wildman–Crippen LogP) is 4.15. The number of hydrogen-bond donors (Lipinski definition) is 1. The lowest BCUT2D eigenvalue weighted by Gasteiger charge is -2.16. The lowest BCUT2D eigenvalue weighted by atomic mass is 10.2. The van der Waals surface area contributed by atoms with Crippen LogP contribution < -0.4 is 10.1 Å². The summed E-state index contributed by atoms with van der Waals surface area (Å²) >= 11 is 12.0. The summed E-state index contributed by atoms with van der Waals surface area (Å²) in [5.41, 5.74) is 0. The van der Waals surface area contributed by atoms with Crippen molar-refractivity contribution in [3.05, 3.63) is 28.2 Å². The maximum atomic E-state index is 6.05. The van der Waals surface area contributed by atoms with E-state index in [1.54, 1.807) is 6.07 Å². The van der Waals surface area contributed by atoms with Gasteiger partial charge in [0.15, 0.2) is 0 Å². The van der Waals surface area contributed by atoms with Crippen molar-refractivity contribution >= 4 is 23.2 Å². The highest BCUT2D eigenvalue weighted by Gasteiger charge is 2.09. The molecule has 0 fully saturated rings. The Morgan fingerprint density at radius 2 is 2.12 bits per heavy atom. The van der Waals surface area contributed by atoms with Crippen LogP contribution in [0.1, 0.15) is 26.7 Å². The van der Waals surface area contributed by atoms with E-state index in [0.29, 0.717) is 15.8 Å². The van der Waals surface area contributed by atoms with E-state index in [4.69, 9.17) is 27.9 Å².